The topological polar surface area (TPSA) is 9.23 Å². The number of benzene rings is 1. The molecule has 1 nitrogen and oxygen atoms in total. The van der Waals surface area contributed by atoms with Crippen molar-refractivity contribution in [2.24, 2.45) is 0 Å². The molecular weight excluding hydrogens is 148 g/mol. The van der Waals surface area contributed by atoms with Crippen LogP contribution >= 0.6 is 0 Å². The first-order valence-corrected chi connectivity index (χ1v) is 4.23. The van der Waals surface area contributed by atoms with Crippen LogP contribution in [0.1, 0.15) is 19.4 Å². The van der Waals surface area contributed by atoms with Gasteiger partial charge >= 0.3 is 0 Å². The summed E-state index contributed by atoms with van der Waals surface area (Å²) in [6.45, 7) is 6.08. The minimum Gasteiger partial charge on any atom is -0.388 e. The Hall–Kier alpha value is -0.820. The van der Waals surface area contributed by atoms with E-state index in [-0.39, 0.29) is 0 Å². The Labute approximate surface area is 76.4 Å². The average Bonchev–Trinajstić information content (AvgIpc) is 2.11. The van der Waals surface area contributed by atoms with Crippen molar-refractivity contribution < 1.29 is 4.74 Å². The van der Waals surface area contributed by atoms with Gasteiger partial charge in [-0.25, -0.2) is 0 Å². The lowest BCUT2D eigenvalue weighted by atomic mass is 10.2. The molecule has 0 saturated heterocycles. The summed E-state index contributed by atoms with van der Waals surface area (Å²) in [7, 11) is 3.25. The predicted molar refractivity (Wildman–Crippen MR) is 55.5 cm³/mol. The summed E-state index contributed by atoms with van der Waals surface area (Å²) in [6, 6.07) is 10.3. The lowest BCUT2D eigenvalue weighted by molar-refractivity contribution is 0.277. The first-order chi connectivity index (χ1) is 5.81. The lowest BCUT2D eigenvalue weighted by Gasteiger charge is -1.82. The SMILES string of the molecule is CC.COC.Cc1ccccc1. The molecule has 0 radical (unpaired) electrons. The van der Waals surface area contributed by atoms with E-state index in [2.05, 4.69) is 23.8 Å². The van der Waals surface area contributed by atoms with Gasteiger partial charge in [-0.2, -0.15) is 0 Å². The second-order valence-electron chi connectivity index (χ2n) is 2.06. The minimum atomic E-state index is 1.32. The van der Waals surface area contributed by atoms with Crippen molar-refractivity contribution >= 4 is 0 Å². The van der Waals surface area contributed by atoms with Crippen molar-refractivity contribution in [3.63, 3.8) is 0 Å². The molecule has 0 fully saturated rings. The predicted octanol–water partition coefficient (Wildman–Crippen LogP) is 3.28. The largest absolute Gasteiger partial charge is 0.388 e. The van der Waals surface area contributed by atoms with Gasteiger partial charge in [0.05, 0.1) is 0 Å². The highest BCUT2D eigenvalue weighted by molar-refractivity contribution is 5.11. The zero-order chi connectivity index (χ0) is 9.82. The second-order valence-corrected chi connectivity index (χ2v) is 2.06. The van der Waals surface area contributed by atoms with E-state index in [0.717, 1.165) is 0 Å². The van der Waals surface area contributed by atoms with Crippen LogP contribution in [-0.2, 0) is 4.74 Å². The molecule has 1 rings (SSSR count). The van der Waals surface area contributed by atoms with Crippen LogP contribution in [0.4, 0.5) is 0 Å². The molecule has 0 amide bonds. The fourth-order valence-electron chi connectivity index (χ4n) is 0.534. The second kappa shape index (κ2) is 12.8. The summed E-state index contributed by atoms with van der Waals surface area (Å²) in [5.41, 5.74) is 1.32. The summed E-state index contributed by atoms with van der Waals surface area (Å²) >= 11 is 0. The van der Waals surface area contributed by atoms with Gasteiger partial charge < -0.3 is 4.74 Å². The maximum atomic E-state index is 4.25. The van der Waals surface area contributed by atoms with E-state index in [1.165, 1.54) is 5.56 Å². The van der Waals surface area contributed by atoms with Gasteiger partial charge in [0.25, 0.3) is 0 Å². The number of methoxy groups -OCH3 is 1. The maximum absolute atomic E-state index is 4.25. The Morgan fingerprint density at radius 2 is 1.25 bits per heavy atom. The molecule has 0 heterocycles. The Morgan fingerprint density at radius 3 is 1.42 bits per heavy atom. The van der Waals surface area contributed by atoms with Crippen LogP contribution in [0.15, 0.2) is 30.3 Å². The molecule has 0 spiro atoms. The average molecular weight is 168 g/mol. The molecule has 0 aliphatic carbocycles. The molecule has 12 heavy (non-hydrogen) atoms. The third-order valence-corrected chi connectivity index (χ3v) is 0.940. The number of rotatable bonds is 0. The van der Waals surface area contributed by atoms with Crippen molar-refractivity contribution in [1.29, 1.82) is 0 Å². The molecule has 0 unspecified atom stereocenters. The normalized spacial score (nSPS) is 7.08. The van der Waals surface area contributed by atoms with Crippen molar-refractivity contribution in [2.45, 2.75) is 20.8 Å². The minimum absolute atomic E-state index is 1.32. The summed E-state index contributed by atoms with van der Waals surface area (Å²) < 4.78 is 4.25. The first-order valence-electron chi connectivity index (χ1n) is 4.23. The standard InChI is InChI=1S/C7H8.C2H6O.C2H6/c1-7-5-3-2-4-6-7;1-3-2;1-2/h2-6H,1H3;1-2H3;1-2H3. The van der Waals surface area contributed by atoms with Gasteiger partial charge in [0, 0.05) is 14.2 Å². The number of ether oxygens (including phenoxy) is 1. The molecule has 0 aliphatic rings. The Bertz CT molecular complexity index is 146. The quantitative estimate of drug-likeness (QED) is 0.577. The molecule has 1 heteroatoms. The molecule has 0 aliphatic heterocycles. The molecule has 0 atom stereocenters. The highest BCUT2D eigenvalue weighted by Crippen LogP contribution is 1.92. The van der Waals surface area contributed by atoms with E-state index >= 15 is 0 Å². The third-order valence-electron chi connectivity index (χ3n) is 0.940. The van der Waals surface area contributed by atoms with Gasteiger partial charge in [-0.3, -0.25) is 0 Å². The molecule has 0 N–H and O–H groups in total. The molecule has 0 bridgehead atoms. The number of hydrogen-bond donors (Lipinski definition) is 0. The van der Waals surface area contributed by atoms with Gasteiger partial charge in [-0.15, -0.1) is 0 Å². The van der Waals surface area contributed by atoms with Crippen molar-refractivity contribution in [3.05, 3.63) is 35.9 Å². The Morgan fingerprint density at radius 1 is 0.917 bits per heavy atom. The van der Waals surface area contributed by atoms with Crippen LogP contribution < -0.4 is 0 Å². The highest BCUT2D eigenvalue weighted by Gasteiger charge is 1.72. The maximum Gasteiger partial charge on any atom is 0.0351 e. The van der Waals surface area contributed by atoms with E-state index in [1.807, 2.05) is 32.0 Å². The van der Waals surface area contributed by atoms with Crippen molar-refractivity contribution in [3.8, 4) is 0 Å². The van der Waals surface area contributed by atoms with E-state index in [0.29, 0.717) is 0 Å². The number of aryl methyl sites for hydroxylation is 1. The van der Waals surface area contributed by atoms with Gasteiger partial charge in [-0.05, 0) is 6.92 Å². The summed E-state index contributed by atoms with van der Waals surface area (Å²) in [4.78, 5) is 0. The summed E-state index contributed by atoms with van der Waals surface area (Å²) in [6.07, 6.45) is 0. The molecule has 1 aromatic rings. The Balaban J connectivity index is 0. The van der Waals surface area contributed by atoms with E-state index < -0.39 is 0 Å². The van der Waals surface area contributed by atoms with Crippen molar-refractivity contribution in [2.75, 3.05) is 14.2 Å². The molecule has 1 aromatic carbocycles. The zero-order valence-corrected chi connectivity index (χ0v) is 8.79. The molecule has 70 valence electrons. The van der Waals surface area contributed by atoms with Crippen LogP contribution in [0.5, 0.6) is 0 Å². The first kappa shape index (κ1) is 13.7. The zero-order valence-electron chi connectivity index (χ0n) is 8.79. The van der Waals surface area contributed by atoms with Crippen LogP contribution in [0, 0.1) is 6.92 Å². The molecule has 0 saturated carbocycles. The van der Waals surface area contributed by atoms with E-state index in [9.17, 15) is 0 Å². The van der Waals surface area contributed by atoms with E-state index in [4.69, 9.17) is 0 Å². The summed E-state index contributed by atoms with van der Waals surface area (Å²) in [5.74, 6) is 0. The van der Waals surface area contributed by atoms with Crippen LogP contribution in [0.2, 0.25) is 0 Å². The van der Waals surface area contributed by atoms with Gasteiger partial charge in [0.1, 0.15) is 0 Å². The van der Waals surface area contributed by atoms with E-state index in [1.54, 1.807) is 14.2 Å². The third kappa shape index (κ3) is 11.9. The Kier molecular flexibility index (Phi) is 14.7. The lowest BCUT2D eigenvalue weighted by Crippen LogP contribution is -1.62. The molecule has 0 aromatic heterocycles. The fraction of sp³-hybridized carbons (Fsp3) is 0.455. The summed E-state index contributed by atoms with van der Waals surface area (Å²) in [5, 5.41) is 0. The molecular formula is C11H20O. The van der Waals surface area contributed by atoms with Crippen LogP contribution in [0.3, 0.4) is 0 Å². The fourth-order valence-corrected chi connectivity index (χ4v) is 0.534. The van der Waals surface area contributed by atoms with Crippen LogP contribution in [-0.4, -0.2) is 14.2 Å². The van der Waals surface area contributed by atoms with Gasteiger partial charge in [0.15, 0.2) is 0 Å². The smallest absolute Gasteiger partial charge is 0.0351 e. The van der Waals surface area contributed by atoms with Crippen LogP contribution in [0.25, 0.3) is 0 Å². The highest BCUT2D eigenvalue weighted by atomic mass is 16.4. The van der Waals surface area contributed by atoms with Gasteiger partial charge in [0.2, 0.25) is 0 Å². The van der Waals surface area contributed by atoms with Crippen molar-refractivity contribution in [1.82, 2.24) is 0 Å². The van der Waals surface area contributed by atoms with Gasteiger partial charge in [-0.1, -0.05) is 49.7 Å². The number of hydrogen-bond acceptors (Lipinski definition) is 1. The monoisotopic (exact) mass is 168 g/mol.